The molecule has 0 saturated carbocycles. The highest BCUT2D eigenvalue weighted by molar-refractivity contribution is 5.11. The van der Waals surface area contributed by atoms with Gasteiger partial charge in [-0.3, -0.25) is 0 Å². The summed E-state index contributed by atoms with van der Waals surface area (Å²) in [4.78, 5) is 3.38. The Hall–Kier alpha value is -1.03. The maximum absolute atomic E-state index is 12.9. The number of rotatable bonds is 2. The van der Waals surface area contributed by atoms with E-state index in [1.165, 1.54) is 0 Å². The summed E-state index contributed by atoms with van der Waals surface area (Å²) >= 11 is 0. The van der Waals surface area contributed by atoms with E-state index in [1.807, 2.05) is 0 Å². The van der Waals surface area contributed by atoms with Crippen LogP contribution < -0.4 is 5.73 Å². The molecule has 1 atom stereocenters. The molecule has 0 radical (unpaired) electrons. The zero-order valence-corrected chi connectivity index (χ0v) is 6.72. The molecule has 0 unspecified atom stereocenters. The first-order valence-electron chi connectivity index (χ1n) is 3.72. The van der Waals surface area contributed by atoms with Crippen molar-refractivity contribution in [3.63, 3.8) is 0 Å². The quantitative estimate of drug-likeness (QED) is 0.690. The van der Waals surface area contributed by atoms with E-state index in [1.54, 1.807) is 6.92 Å². The van der Waals surface area contributed by atoms with Crippen molar-refractivity contribution in [3.8, 4) is 0 Å². The lowest BCUT2D eigenvalue weighted by atomic mass is 10.1. The van der Waals surface area contributed by atoms with E-state index in [4.69, 9.17) is 5.73 Å². The van der Waals surface area contributed by atoms with Crippen molar-refractivity contribution >= 4 is 0 Å². The van der Waals surface area contributed by atoms with E-state index in [0.717, 1.165) is 12.1 Å². The first-order valence-corrected chi connectivity index (χ1v) is 3.72. The van der Waals surface area contributed by atoms with Crippen LogP contribution in [0.2, 0.25) is 0 Å². The largest absolute Gasteiger partial charge is 0.323 e. The third-order valence-electron chi connectivity index (χ3n) is 1.63. The van der Waals surface area contributed by atoms with Crippen LogP contribution in [-0.4, -0.2) is 4.98 Å². The minimum atomic E-state index is -0.699. The van der Waals surface area contributed by atoms with Crippen molar-refractivity contribution in [2.24, 2.45) is 5.73 Å². The van der Waals surface area contributed by atoms with Crippen molar-refractivity contribution < 1.29 is 8.78 Å². The first kappa shape index (κ1) is 9.06. The predicted octanol–water partition coefficient (Wildman–Crippen LogP) is 1.77. The molecule has 0 aliphatic rings. The van der Waals surface area contributed by atoms with Crippen LogP contribution >= 0.6 is 0 Å². The summed E-state index contributed by atoms with van der Waals surface area (Å²) in [5, 5.41) is 0. The molecule has 0 aliphatic heterocycles. The third kappa shape index (κ3) is 1.76. The maximum atomic E-state index is 12.9. The predicted molar refractivity (Wildman–Crippen MR) is 41.4 cm³/mol. The van der Waals surface area contributed by atoms with Crippen molar-refractivity contribution in [2.75, 3.05) is 0 Å². The summed E-state index contributed by atoms with van der Waals surface area (Å²) in [6, 6.07) is 1.48. The lowest BCUT2D eigenvalue weighted by Crippen LogP contribution is -2.13. The summed E-state index contributed by atoms with van der Waals surface area (Å²) in [5.74, 6) is -1.25. The van der Waals surface area contributed by atoms with Crippen molar-refractivity contribution in [2.45, 2.75) is 19.4 Å². The summed E-state index contributed by atoms with van der Waals surface area (Å²) in [6.45, 7) is 1.79. The molecule has 0 aliphatic carbocycles. The SMILES string of the molecule is CC[C@@H](N)c1nc(F)ccc1F. The maximum Gasteiger partial charge on any atom is 0.213 e. The lowest BCUT2D eigenvalue weighted by molar-refractivity contribution is 0.515. The van der Waals surface area contributed by atoms with Crippen LogP contribution in [0.3, 0.4) is 0 Å². The monoisotopic (exact) mass is 172 g/mol. The van der Waals surface area contributed by atoms with Crippen molar-refractivity contribution in [1.29, 1.82) is 0 Å². The van der Waals surface area contributed by atoms with Gasteiger partial charge in [-0.05, 0) is 18.6 Å². The smallest absolute Gasteiger partial charge is 0.213 e. The van der Waals surface area contributed by atoms with E-state index in [-0.39, 0.29) is 5.69 Å². The van der Waals surface area contributed by atoms with Gasteiger partial charge >= 0.3 is 0 Å². The molecule has 4 heteroatoms. The molecular weight excluding hydrogens is 162 g/mol. The summed E-state index contributed by atoms with van der Waals surface area (Å²) in [6.07, 6.45) is 0.535. The van der Waals surface area contributed by atoms with Gasteiger partial charge in [0, 0.05) is 6.04 Å². The highest BCUT2D eigenvalue weighted by Crippen LogP contribution is 2.14. The average Bonchev–Trinajstić information content (AvgIpc) is 2.08. The molecule has 0 bridgehead atoms. The van der Waals surface area contributed by atoms with Crippen LogP contribution in [0.25, 0.3) is 0 Å². The topological polar surface area (TPSA) is 38.9 Å². The molecule has 66 valence electrons. The number of hydrogen-bond acceptors (Lipinski definition) is 2. The van der Waals surface area contributed by atoms with E-state index >= 15 is 0 Å². The van der Waals surface area contributed by atoms with Gasteiger partial charge in [0.25, 0.3) is 0 Å². The molecular formula is C8H10F2N2. The van der Waals surface area contributed by atoms with Gasteiger partial charge in [0.2, 0.25) is 5.95 Å². The first-order chi connectivity index (χ1) is 5.65. The van der Waals surface area contributed by atoms with Crippen LogP contribution in [0.4, 0.5) is 8.78 Å². The van der Waals surface area contributed by atoms with Crippen molar-refractivity contribution in [3.05, 3.63) is 29.6 Å². The standard InChI is InChI=1S/C8H10F2N2/c1-2-6(11)8-5(9)3-4-7(10)12-8/h3-4,6H,2,11H2,1H3/t6-/m1/s1. The number of nitrogens with two attached hydrogens (primary N) is 1. The van der Waals surface area contributed by atoms with Gasteiger partial charge in [-0.1, -0.05) is 6.92 Å². The normalized spacial score (nSPS) is 13.0. The molecule has 0 saturated heterocycles. The number of hydrogen-bond donors (Lipinski definition) is 1. The van der Waals surface area contributed by atoms with Crippen LogP contribution in [0.5, 0.6) is 0 Å². The molecule has 1 aromatic rings. The molecule has 1 rings (SSSR count). The third-order valence-corrected chi connectivity index (χ3v) is 1.63. The Bertz CT molecular complexity index is 276. The molecule has 1 aromatic heterocycles. The van der Waals surface area contributed by atoms with Crippen LogP contribution in [0.1, 0.15) is 25.1 Å². The Morgan fingerprint density at radius 3 is 2.75 bits per heavy atom. The average molecular weight is 172 g/mol. The summed E-state index contributed by atoms with van der Waals surface area (Å²) < 4.78 is 25.4. The number of pyridine rings is 1. The zero-order valence-electron chi connectivity index (χ0n) is 6.72. The second-order valence-corrected chi connectivity index (χ2v) is 2.52. The van der Waals surface area contributed by atoms with Crippen LogP contribution in [-0.2, 0) is 0 Å². The Labute approximate surface area is 69.4 Å². The highest BCUT2D eigenvalue weighted by Gasteiger charge is 2.11. The molecule has 0 fully saturated rings. The van der Waals surface area contributed by atoms with Gasteiger partial charge in [0.1, 0.15) is 5.82 Å². The molecule has 2 nitrogen and oxygen atoms in total. The van der Waals surface area contributed by atoms with Gasteiger partial charge in [-0.15, -0.1) is 0 Å². The van der Waals surface area contributed by atoms with E-state index in [2.05, 4.69) is 4.98 Å². The van der Waals surface area contributed by atoms with Gasteiger partial charge in [0.05, 0.1) is 5.69 Å². The minimum absolute atomic E-state index is 0.00231. The Kier molecular flexibility index (Phi) is 2.70. The Morgan fingerprint density at radius 2 is 2.17 bits per heavy atom. The van der Waals surface area contributed by atoms with Gasteiger partial charge in [-0.25, -0.2) is 9.37 Å². The van der Waals surface area contributed by atoms with Crippen molar-refractivity contribution in [1.82, 2.24) is 4.98 Å². The second kappa shape index (κ2) is 3.58. The molecule has 2 N–H and O–H groups in total. The van der Waals surface area contributed by atoms with E-state index in [9.17, 15) is 8.78 Å². The van der Waals surface area contributed by atoms with E-state index in [0.29, 0.717) is 6.42 Å². The molecule has 0 aromatic carbocycles. The molecule has 12 heavy (non-hydrogen) atoms. The minimum Gasteiger partial charge on any atom is -0.323 e. The number of nitrogens with zero attached hydrogens (tertiary/aromatic N) is 1. The summed E-state index contributed by atoms with van der Waals surface area (Å²) in [7, 11) is 0. The van der Waals surface area contributed by atoms with E-state index < -0.39 is 17.8 Å². The fourth-order valence-electron chi connectivity index (χ4n) is 0.886. The highest BCUT2D eigenvalue weighted by atomic mass is 19.1. The Morgan fingerprint density at radius 1 is 1.50 bits per heavy atom. The lowest BCUT2D eigenvalue weighted by Gasteiger charge is -2.08. The zero-order chi connectivity index (χ0) is 9.14. The van der Waals surface area contributed by atoms with Crippen LogP contribution in [0.15, 0.2) is 12.1 Å². The number of aromatic nitrogens is 1. The second-order valence-electron chi connectivity index (χ2n) is 2.52. The van der Waals surface area contributed by atoms with Crippen LogP contribution in [0, 0.1) is 11.8 Å². The Balaban J connectivity index is 3.04. The summed E-state index contributed by atoms with van der Waals surface area (Å²) in [5.41, 5.74) is 5.49. The fourth-order valence-corrected chi connectivity index (χ4v) is 0.886. The fraction of sp³-hybridized carbons (Fsp3) is 0.375. The van der Waals surface area contributed by atoms with Gasteiger partial charge in [-0.2, -0.15) is 4.39 Å². The molecule has 0 amide bonds. The number of halogens is 2. The van der Waals surface area contributed by atoms with Gasteiger partial charge in [0.15, 0.2) is 0 Å². The molecule has 0 spiro atoms. The van der Waals surface area contributed by atoms with Gasteiger partial charge < -0.3 is 5.73 Å². The molecule has 1 heterocycles.